The summed E-state index contributed by atoms with van der Waals surface area (Å²) in [4.78, 5) is 30.4. The lowest BCUT2D eigenvalue weighted by molar-refractivity contribution is -0.120. The molecule has 8 heteroatoms. The molecule has 1 aliphatic heterocycles. The Bertz CT molecular complexity index is 818. The van der Waals surface area contributed by atoms with Gasteiger partial charge >= 0.3 is 0 Å². The summed E-state index contributed by atoms with van der Waals surface area (Å²) in [5.74, 6) is 2.59. The van der Waals surface area contributed by atoms with E-state index in [1.807, 2.05) is 19.9 Å². The number of aryl methyl sites for hydroxylation is 1. The number of pyridine rings is 1. The molecule has 150 valence electrons. The summed E-state index contributed by atoms with van der Waals surface area (Å²) in [5, 5.41) is 3.40. The number of anilines is 2. The largest absolute Gasteiger partial charge is 0.354 e. The van der Waals surface area contributed by atoms with Crippen molar-refractivity contribution in [2.45, 2.75) is 39.7 Å². The number of rotatable bonds is 5. The number of nitrogens with zero attached hydrogens (tertiary/aromatic N) is 5. The molecule has 1 fully saturated rings. The maximum absolute atomic E-state index is 12.6. The van der Waals surface area contributed by atoms with Crippen LogP contribution >= 0.6 is 11.6 Å². The summed E-state index contributed by atoms with van der Waals surface area (Å²) in [6.07, 6.45) is 1.52. The van der Waals surface area contributed by atoms with Crippen molar-refractivity contribution in [2.24, 2.45) is 0 Å². The number of hydrogen-bond donors (Lipinski definition) is 1. The van der Waals surface area contributed by atoms with Crippen molar-refractivity contribution >= 4 is 29.1 Å². The second-order valence-electron chi connectivity index (χ2n) is 7.43. The molecule has 1 amide bonds. The van der Waals surface area contributed by atoms with Crippen molar-refractivity contribution < 1.29 is 4.79 Å². The summed E-state index contributed by atoms with van der Waals surface area (Å²) >= 11 is 5.84. The molecule has 0 aliphatic carbocycles. The van der Waals surface area contributed by atoms with Crippen LogP contribution in [0.4, 0.5) is 11.6 Å². The summed E-state index contributed by atoms with van der Waals surface area (Å²) in [6, 6.07) is 5.21. The molecule has 0 bridgehead atoms. The van der Waals surface area contributed by atoms with Crippen LogP contribution in [-0.4, -0.2) is 58.0 Å². The molecule has 2 aromatic rings. The van der Waals surface area contributed by atoms with Crippen molar-refractivity contribution in [3.8, 4) is 0 Å². The van der Waals surface area contributed by atoms with Gasteiger partial charge in [-0.3, -0.25) is 9.69 Å². The van der Waals surface area contributed by atoms with Crippen LogP contribution in [-0.2, 0) is 4.79 Å². The van der Waals surface area contributed by atoms with E-state index in [0.29, 0.717) is 16.8 Å². The van der Waals surface area contributed by atoms with E-state index < -0.39 is 0 Å². The van der Waals surface area contributed by atoms with Gasteiger partial charge in [-0.1, -0.05) is 25.4 Å². The maximum atomic E-state index is 12.6. The zero-order valence-electron chi connectivity index (χ0n) is 16.8. The summed E-state index contributed by atoms with van der Waals surface area (Å²) in [7, 11) is 0. The van der Waals surface area contributed by atoms with Crippen molar-refractivity contribution in [1.29, 1.82) is 0 Å². The molecule has 1 N–H and O–H groups in total. The van der Waals surface area contributed by atoms with Crippen LogP contribution in [0.3, 0.4) is 0 Å². The predicted octanol–water partition coefficient (Wildman–Crippen LogP) is 3.11. The summed E-state index contributed by atoms with van der Waals surface area (Å²) in [6.45, 7) is 11.4. The molecular weight excluding hydrogens is 376 g/mol. The maximum Gasteiger partial charge on any atom is 0.242 e. The zero-order valence-corrected chi connectivity index (χ0v) is 17.6. The van der Waals surface area contributed by atoms with E-state index in [1.54, 1.807) is 12.1 Å². The number of hydrogen-bond acceptors (Lipinski definition) is 6. The Morgan fingerprint density at radius 1 is 1.14 bits per heavy atom. The van der Waals surface area contributed by atoms with Crippen molar-refractivity contribution in [1.82, 2.24) is 19.9 Å². The van der Waals surface area contributed by atoms with Gasteiger partial charge in [-0.2, -0.15) is 0 Å². The second-order valence-corrected chi connectivity index (χ2v) is 7.87. The minimum absolute atomic E-state index is 0.0664. The fourth-order valence-corrected chi connectivity index (χ4v) is 3.29. The van der Waals surface area contributed by atoms with E-state index in [-0.39, 0.29) is 11.9 Å². The highest BCUT2D eigenvalue weighted by molar-refractivity contribution is 6.30. The van der Waals surface area contributed by atoms with Crippen LogP contribution in [0.15, 0.2) is 24.4 Å². The van der Waals surface area contributed by atoms with Crippen molar-refractivity contribution in [2.75, 3.05) is 36.4 Å². The number of halogens is 1. The zero-order chi connectivity index (χ0) is 20.3. The van der Waals surface area contributed by atoms with E-state index >= 15 is 0 Å². The molecule has 0 saturated carbocycles. The van der Waals surface area contributed by atoms with Gasteiger partial charge in [0, 0.05) is 50.1 Å². The fourth-order valence-electron chi connectivity index (χ4n) is 3.18. The minimum Gasteiger partial charge on any atom is -0.354 e. The van der Waals surface area contributed by atoms with E-state index in [0.717, 1.165) is 43.5 Å². The number of piperazine rings is 1. The molecule has 0 spiro atoms. The molecule has 1 atom stereocenters. The van der Waals surface area contributed by atoms with Crippen molar-refractivity contribution in [3.05, 3.63) is 40.9 Å². The lowest BCUT2D eigenvalue weighted by Gasteiger charge is -2.38. The van der Waals surface area contributed by atoms with Crippen LogP contribution in [0.25, 0.3) is 0 Å². The standard InChI is InChI=1S/C20H27ClN6O/c1-13(2)19-23-14(3)11-18(25-19)27-9-7-26(8-10-27)15(4)20(28)24-17-6-5-16(21)12-22-17/h5-6,11-13,15H,7-10H2,1-4H3,(H,22,24,28)/t15-/m0/s1. The minimum atomic E-state index is -0.238. The third kappa shape index (κ3) is 4.97. The molecule has 0 unspecified atom stereocenters. The van der Waals surface area contributed by atoms with Crippen molar-refractivity contribution in [3.63, 3.8) is 0 Å². The topological polar surface area (TPSA) is 74.2 Å². The van der Waals surface area contributed by atoms with Crippen LogP contribution in [0.5, 0.6) is 0 Å². The normalized spacial score (nSPS) is 16.3. The Hall–Kier alpha value is -2.25. The van der Waals surface area contributed by atoms with Gasteiger partial charge in [-0.05, 0) is 26.0 Å². The van der Waals surface area contributed by atoms with Gasteiger partial charge in [0.15, 0.2) is 0 Å². The molecule has 0 radical (unpaired) electrons. The smallest absolute Gasteiger partial charge is 0.242 e. The SMILES string of the molecule is Cc1cc(N2CCN([C@@H](C)C(=O)Nc3ccc(Cl)cn3)CC2)nc(C(C)C)n1. The number of carbonyl (C=O) groups is 1. The second kappa shape index (κ2) is 8.84. The van der Waals surface area contributed by atoms with Crippen LogP contribution < -0.4 is 10.2 Å². The van der Waals surface area contributed by atoms with Gasteiger partial charge < -0.3 is 10.2 Å². The average molecular weight is 403 g/mol. The van der Waals surface area contributed by atoms with Gasteiger partial charge in [-0.15, -0.1) is 0 Å². The molecule has 0 aromatic carbocycles. The first kappa shape index (κ1) is 20.5. The highest BCUT2D eigenvalue weighted by atomic mass is 35.5. The Morgan fingerprint density at radius 2 is 1.86 bits per heavy atom. The van der Waals surface area contributed by atoms with Crippen LogP contribution in [0.1, 0.15) is 38.2 Å². The first-order valence-electron chi connectivity index (χ1n) is 9.60. The van der Waals surface area contributed by atoms with Gasteiger partial charge in [0.2, 0.25) is 5.91 Å². The summed E-state index contributed by atoms with van der Waals surface area (Å²) in [5.41, 5.74) is 0.985. The Balaban J connectivity index is 1.58. The quantitative estimate of drug-likeness (QED) is 0.828. The van der Waals surface area contributed by atoms with Gasteiger partial charge in [0.1, 0.15) is 17.5 Å². The predicted molar refractivity (Wildman–Crippen MR) is 112 cm³/mol. The summed E-state index contributed by atoms with van der Waals surface area (Å²) < 4.78 is 0. The first-order valence-corrected chi connectivity index (χ1v) is 9.98. The molecule has 28 heavy (non-hydrogen) atoms. The van der Waals surface area contributed by atoms with Crippen LogP contribution in [0.2, 0.25) is 5.02 Å². The molecule has 7 nitrogen and oxygen atoms in total. The average Bonchev–Trinajstić information content (AvgIpc) is 2.68. The number of aromatic nitrogens is 3. The van der Waals surface area contributed by atoms with E-state index in [4.69, 9.17) is 16.6 Å². The lowest BCUT2D eigenvalue weighted by Crippen LogP contribution is -2.53. The third-order valence-electron chi connectivity index (χ3n) is 4.92. The molecule has 2 aromatic heterocycles. The molecule has 1 saturated heterocycles. The lowest BCUT2D eigenvalue weighted by atomic mass is 10.2. The third-order valence-corrected chi connectivity index (χ3v) is 5.14. The number of carbonyl (C=O) groups excluding carboxylic acids is 1. The molecule has 1 aliphatic rings. The van der Waals surface area contributed by atoms with Gasteiger partial charge in [0.05, 0.1) is 11.1 Å². The Morgan fingerprint density at radius 3 is 2.46 bits per heavy atom. The van der Waals surface area contributed by atoms with E-state index in [9.17, 15) is 4.79 Å². The number of nitrogens with one attached hydrogen (secondary N) is 1. The highest BCUT2D eigenvalue weighted by Gasteiger charge is 2.26. The van der Waals surface area contributed by atoms with Gasteiger partial charge in [-0.25, -0.2) is 15.0 Å². The first-order chi connectivity index (χ1) is 13.3. The molecule has 3 rings (SSSR count). The monoisotopic (exact) mass is 402 g/mol. The van der Waals surface area contributed by atoms with E-state index in [2.05, 4.69) is 38.9 Å². The molecular formula is C20H27ClN6O. The van der Waals surface area contributed by atoms with Crippen LogP contribution in [0, 0.1) is 6.92 Å². The highest BCUT2D eigenvalue weighted by Crippen LogP contribution is 2.19. The van der Waals surface area contributed by atoms with Gasteiger partial charge in [0.25, 0.3) is 0 Å². The number of amides is 1. The van der Waals surface area contributed by atoms with E-state index in [1.165, 1.54) is 6.20 Å². The fraction of sp³-hybridized carbons (Fsp3) is 0.500. The Kier molecular flexibility index (Phi) is 6.46. The molecule has 3 heterocycles. The Labute approximate surface area is 171 Å².